The molecule has 0 aliphatic carbocycles. The smallest absolute Gasteiger partial charge is 0.280 e. The molecule has 1 fully saturated rings. The van der Waals surface area contributed by atoms with Gasteiger partial charge in [0.2, 0.25) is 0 Å². The molecule has 1 aliphatic heterocycles. The molecule has 2 aromatic heterocycles. The molecule has 1 unspecified atom stereocenters. The SMILES string of the molecule is CCc1nc2sc(N3CCC[C@@H]3C(O)CNc3ccccc3)nc2c(=O)n1C. The van der Waals surface area contributed by atoms with E-state index in [9.17, 15) is 9.90 Å². The van der Waals surface area contributed by atoms with Gasteiger partial charge in [-0.25, -0.2) is 9.97 Å². The van der Waals surface area contributed by atoms with E-state index >= 15 is 0 Å². The number of aliphatic hydroxyl groups excluding tert-OH is 1. The first-order valence-corrected chi connectivity index (χ1v) is 10.5. The van der Waals surface area contributed by atoms with Crippen molar-refractivity contribution < 1.29 is 5.11 Å². The van der Waals surface area contributed by atoms with Gasteiger partial charge >= 0.3 is 0 Å². The number of nitrogens with zero attached hydrogens (tertiary/aromatic N) is 4. The van der Waals surface area contributed by atoms with E-state index < -0.39 is 6.10 Å². The largest absolute Gasteiger partial charge is 0.389 e. The number of thiazole rings is 1. The van der Waals surface area contributed by atoms with E-state index in [4.69, 9.17) is 0 Å². The molecule has 2 N–H and O–H groups in total. The Balaban J connectivity index is 1.56. The standard InChI is InChI=1S/C20H25N5O2S/c1-3-16-22-18-17(19(27)24(16)2)23-20(28-18)25-11-7-10-14(25)15(26)12-21-13-8-5-4-6-9-13/h4-6,8-9,14-15,21,26H,3,7,10-12H2,1-2H3/t14-,15?/m1/s1. The highest BCUT2D eigenvalue weighted by molar-refractivity contribution is 7.21. The number of hydrogen-bond acceptors (Lipinski definition) is 7. The molecule has 3 heterocycles. The normalized spacial score (nSPS) is 18.0. The number of para-hydroxylation sites is 1. The second kappa shape index (κ2) is 7.89. The molecule has 2 atom stereocenters. The van der Waals surface area contributed by atoms with Crippen molar-refractivity contribution in [2.45, 2.75) is 38.3 Å². The van der Waals surface area contributed by atoms with Gasteiger partial charge in [0, 0.05) is 32.2 Å². The summed E-state index contributed by atoms with van der Waals surface area (Å²) >= 11 is 1.44. The summed E-state index contributed by atoms with van der Waals surface area (Å²) in [6.45, 7) is 3.28. The van der Waals surface area contributed by atoms with Crippen LogP contribution in [0.4, 0.5) is 10.8 Å². The summed E-state index contributed by atoms with van der Waals surface area (Å²) < 4.78 is 1.58. The molecule has 4 rings (SSSR count). The molecular formula is C20H25N5O2S. The zero-order chi connectivity index (χ0) is 19.7. The van der Waals surface area contributed by atoms with Crippen LogP contribution in [-0.4, -0.2) is 44.9 Å². The predicted octanol–water partition coefficient (Wildman–Crippen LogP) is 2.39. The van der Waals surface area contributed by atoms with Crippen molar-refractivity contribution in [3.8, 4) is 0 Å². The summed E-state index contributed by atoms with van der Waals surface area (Å²) in [4.78, 5) is 24.6. The highest BCUT2D eigenvalue weighted by atomic mass is 32.1. The van der Waals surface area contributed by atoms with Crippen LogP contribution in [0.3, 0.4) is 0 Å². The van der Waals surface area contributed by atoms with Gasteiger partial charge in [-0.05, 0) is 25.0 Å². The minimum atomic E-state index is -0.531. The number of rotatable bonds is 6. The van der Waals surface area contributed by atoms with Gasteiger partial charge in [-0.3, -0.25) is 9.36 Å². The molecule has 0 saturated carbocycles. The lowest BCUT2D eigenvalue weighted by Gasteiger charge is -2.28. The number of aliphatic hydroxyl groups is 1. The number of fused-ring (bicyclic) bond motifs is 1. The molecule has 1 aromatic carbocycles. The van der Waals surface area contributed by atoms with E-state index in [1.807, 2.05) is 37.3 Å². The maximum atomic E-state index is 12.6. The van der Waals surface area contributed by atoms with Crippen LogP contribution >= 0.6 is 11.3 Å². The van der Waals surface area contributed by atoms with Crippen LogP contribution in [-0.2, 0) is 13.5 Å². The Morgan fingerprint density at radius 1 is 1.32 bits per heavy atom. The lowest BCUT2D eigenvalue weighted by molar-refractivity contribution is 0.157. The Bertz CT molecular complexity index is 1020. The predicted molar refractivity (Wildman–Crippen MR) is 113 cm³/mol. The van der Waals surface area contributed by atoms with Crippen molar-refractivity contribution in [1.82, 2.24) is 14.5 Å². The maximum absolute atomic E-state index is 12.6. The average Bonchev–Trinajstić information content (AvgIpc) is 3.36. The maximum Gasteiger partial charge on any atom is 0.280 e. The fourth-order valence-electron chi connectivity index (χ4n) is 3.77. The van der Waals surface area contributed by atoms with Gasteiger partial charge in [-0.1, -0.05) is 36.5 Å². The van der Waals surface area contributed by atoms with Gasteiger partial charge in [0.25, 0.3) is 5.56 Å². The summed E-state index contributed by atoms with van der Waals surface area (Å²) in [5.41, 5.74) is 1.31. The molecule has 0 radical (unpaired) electrons. The number of nitrogens with one attached hydrogen (secondary N) is 1. The van der Waals surface area contributed by atoms with Crippen molar-refractivity contribution in [2.75, 3.05) is 23.3 Å². The molecule has 0 bridgehead atoms. The number of anilines is 2. The van der Waals surface area contributed by atoms with Crippen LogP contribution in [0.1, 0.15) is 25.6 Å². The van der Waals surface area contributed by atoms with Crippen LogP contribution < -0.4 is 15.8 Å². The summed E-state index contributed by atoms with van der Waals surface area (Å²) in [6, 6.07) is 9.85. The minimum absolute atomic E-state index is 0.0220. The highest BCUT2D eigenvalue weighted by Crippen LogP contribution is 2.32. The summed E-state index contributed by atoms with van der Waals surface area (Å²) in [6.07, 6.45) is 2.07. The van der Waals surface area contributed by atoms with Crippen LogP contribution in [0.15, 0.2) is 35.1 Å². The first kappa shape index (κ1) is 18.9. The van der Waals surface area contributed by atoms with E-state index in [-0.39, 0.29) is 11.6 Å². The topological polar surface area (TPSA) is 83.3 Å². The van der Waals surface area contributed by atoms with Gasteiger partial charge in [0.1, 0.15) is 5.82 Å². The van der Waals surface area contributed by atoms with Gasteiger partial charge in [-0.2, -0.15) is 0 Å². The van der Waals surface area contributed by atoms with Crippen molar-refractivity contribution in [2.24, 2.45) is 7.05 Å². The third-order valence-electron chi connectivity index (χ3n) is 5.32. The first-order valence-electron chi connectivity index (χ1n) is 9.68. The molecule has 7 nitrogen and oxygen atoms in total. The van der Waals surface area contributed by atoms with Gasteiger partial charge in [0.05, 0.1) is 12.1 Å². The first-order chi connectivity index (χ1) is 13.6. The number of hydrogen-bond donors (Lipinski definition) is 2. The van der Waals surface area contributed by atoms with Gasteiger partial charge in [-0.15, -0.1) is 0 Å². The lowest BCUT2D eigenvalue weighted by Crippen LogP contribution is -2.42. The van der Waals surface area contributed by atoms with Crippen LogP contribution in [0.25, 0.3) is 10.3 Å². The fraction of sp³-hybridized carbons (Fsp3) is 0.450. The molecule has 0 amide bonds. The number of aromatic nitrogens is 3. The van der Waals surface area contributed by atoms with Gasteiger partial charge in [0.15, 0.2) is 15.5 Å². The van der Waals surface area contributed by atoms with Crippen molar-refractivity contribution in [1.29, 1.82) is 0 Å². The number of aryl methyl sites for hydroxylation is 1. The van der Waals surface area contributed by atoms with E-state index in [1.54, 1.807) is 11.6 Å². The van der Waals surface area contributed by atoms with Crippen LogP contribution in [0.5, 0.6) is 0 Å². The molecule has 148 valence electrons. The molecule has 1 saturated heterocycles. The van der Waals surface area contributed by atoms with E-state index in [1.165, 1.54) is 11.3 Å². The van der Waals surface area contributed by atoms with E-state index in [0.29, 0.717) is 23.3 Å². The molecule has 0 spiro atoms. The Morgan fingerprint density at radius 3 is 2.86 bits per heavy atom. The summed E-state index contributed by atoms with van der Waals surface area (Å²) in [5.74, 6) is 0.762. The van der Waals surface area contributed by atoms with Crippen molar-refractivity contribution in [3.63, 3.8) is 0 Å². The summed E-state index contributed by atoms with van der Waals surface area (Å²) in [5, 5.41) is 14.9. The molecular weight excluding hydrogens is 374 g/mol. The molecule has 3 aromatic rings. The van der Waals surface area contributed by atoms with Crippen molar-refractivity contribution in [3.05, 3.63) is 46.5 Å². The minimum Gasteiger partial charge on any atom is -0.389 e. The Kier molecular flexibility index (Phi) is 5.32. The van der Waals surface area contributed by atoms with E-state index in [0.717, 1.165) is 36.0 Å². The Labute approximate surface area is 167 Å². The van der Waals surface area contributed by atoms with Gasteiger partial charge < -0.3 is 15.3 Å². The Hall–Kier alpha value is -2.45. The average molecular weight is 400 g/mol. The highest BCUT2D eigenvalue weighted by Gasteiger charge is 2.33. The third kappa shape index (κ3) is 3.49. The second-order valence-electron chi connectivity index (χ2n) is 7.11. The zero-order valence-corrected chi connectivity index (χ0v) is 16.9. The lowest BCUT2D eigenvalue weighted by atomic mass is 10.1. The van der Waals surface area contributed by atoms with Crippen molar-refractivity contribution >= 4 is 32.5 Å². The molecule has 1 aliphatic rings. The van der Waals surface area contributed by atoms with Crippen LogP contribution in [0, 0.1) is 0 Å². The van der Waals surface area contributed by atoms with Crippen LogP contribution in [0.2, 0.25) is 0 Å². The third-order valence-corrected chi connectivity index (χ3v) is 6.30. The molecule has 28 heavy (non-hydrogen) atoms. The fourth-order valence-corrected chi connectivity index (χ4v) is 4.80. The summed E-state index contributed by atoms with van der Waals surface area (Å²) in [7, 11) is 1.74. The molecule has 8 heteroatoms. The quantitative estimate of drug-likeness (QED) is 0.662. The van der Waals surface area contributed by atoms with E-state index in [2.05, 4.69) is 20.2 Å². The Morgan fingerprint density at radius 2 is 2.11 bits per heavy atom. The second-order valence-corrected chi connectivity index (χ2v) is 8.07. The number of benzene rings is 1. The monoisotopic (exact) mass is 399 g/mol. The zero-order valence-electron chi connectivity index (χ0n) is 16.1.